The zero-order chi connectivity index (χ0) is 19.6. The van der Waals surface area contributed by atoms with Gasteiger partial charge in [0, 0.05) is 37.3 Å². The highest BCUT2D eigenvalue weighted by Crippen LogP contribution is 2.20. The van der Waals surface area contributed by atoms with E-state index in [1.165, 1.54) is 10.7 Å². The summed E-state index contributed by atoms with van der Waals surface area (Å²) in [6.07, 6.45) is 1.25. The van der Waals surface area contributed by atoms with Crippen molar-refractivity contribution >= 4 is 15.9 Å². The number of aromatic nitrogens is 2. The van der Waals surface area contributed by atoms with E-state index in [1.807, 2.05) is 0 Å². The van der Waals surface area contributed by atoms with Gasteiger partial charge in [-0.15, -0.1) is 10.2 Å². The molecule has 1 aliphatic heterocycles. The molecule has 2 aromatic carbocycles. The molecule has 1 fully saturated rings. The number of nitrogens with zero attached hydrogens (tertiary/aromatic N) is 4. The summed E-state index contributed by atoms with van der Waals surface area (Å²) < 4.78 is 31.9. The Morgan fingerprint density at radius 3 is 2.21 bits per heavy atom. The lowest BCUT2D eigenvalue weighted by Crippen LogP contribution is -2.50. The standard InChI is InChI=1S/C19H18N4O4S/c24-19(16-8-6-15(7-9-16)18-21-20-14-27-18)22-10-12-23(13-11-22)28(25,26)17-4-2-1-3-5-17/h1-9,14H,10-13H2. The minimum absolute atomic E-state index is 0.131. The summed E-state index contributed by atoms with van der Waals surface area (Å²) in [5.74, 6) is 0.257. The number of carbonyl (C=O) groups is 1. The smallest absolute Gasteiger partial charge is 0.253 e. The summed E-state index contributed by atoms with van der Waals surface area (Å²) in [4.78, 5) is 14.7. The molecule has 0 atom stereocenters. The topological polar surface area (TPSA) is 96.6 Å². The maximum Gasteiger partial charge on any atom is 0.253 e. The summed E-state index contributed by atoms with van der Waals surface area (Å²) >= 11 is 0. The molecule has 0 aliphatic carbocycles. The van der Waals surface area contributed by atoms with Crippen LogP contribution in [-0.4, -0.2) is 59.9 Å². The van der Waals surface area contributed by atoms with E-state index in [9.17, 15) is 13.2 Å². The Bertz CT molecular complexity index is 1040. The van der Waals surface area contributed by atoms with Crippen LogP contribution >= 0.6 is 0 Å². The SMILES string of the molecule is O=C(c1ccc(-c2nnco2)cc1)N1CCN(S(=O)(=O)c2ccccc2)CC1. The molecule has 9 heteroatoms. The van der Waals surface area contributed by atoms with Crippen molar-refractivity contribution in [2.45, 2.75) is 4.90 Å². The van der Waals surface area contributed by atoms with E-state index in [0.29, 0.717) is 24.5 Å². The van der Waals surface area contributed by atoms with Crippen molar-refractivity contribution in [1.82, 2.24) is 19.4 Å². The summed E-state index contributed by atoms with van der Waals surface area (Å²) in [6, 6.07) is 15.2. The molecule has 0 unspecified atom stereocenters. The van der Waals surface area contributed by atoms with Gasteiger partial charge in [0.15, 0.2) is 0 Å². The molecule has 4 rings (SSSR count). The van der Waals surface area contributed by atoms with Gasteiger partial charge >= 0.3 is 0 Å². The molecule has 28 heavy (non-hydrogen) atoms. The average Bonchev–Trinajstić information content (AvgIpc) is 3.29. The van der Waals surface area contributed by atoms with E-state index >= 15 is 0 Å². The summed E-state index contributed by atoms with van der Waals surface area (Å²) in [5.41, 5.74) is 1.26. The van der Waals surface area contributed by atoms with Gasteiger partial charge in [-0.05, 0) is 36.4 Å². The van der Waals surface area contributed by atoms with Crippen LogP contribution in [0.15, 0.2) is 70.3 Å². The molecule has 2 heterocycles. The fourth-order valence-electron chi connectivity index (χ4n) is 3.11. The normalized spacial score (nSPS) is 15.5. The van der Waals surface area contributed by atoms with Gasteiger partial charge in [-0.1, -0.05) is 18.2 Å². The third-order valence-electron chi connectivity index (χ3n) is 4.65. The predicted molar refractivity (Wildman–Crippen MR) is 101 cm³/mol. The lowest BCUT2D eigenvalue weighted by Gasteiger charge is -2.34. The Kier molecular flexibility index (Phi) is 4.93. The number of hydrogen-bond donors (Lipinski definition) is 0. The number of piperazine rings is 1. The maximum atomic E-state index is 12.7. The van der Waals surface area contributed by atoms with Crippen molar-refractivity contribution in [3.05, 3.63) is 66.6 Å². The predicted octanol–water partition coefficient (Wildman–Crippen LogP) is 1.88. The van der Waals surface area contributed by atoms with Crippen molar-refractivity contribution in [3.8, 4) is 11.5 Å². The van der Waals surface area contributed by atoms with Crippen molar-refractivity contribution in [1.29, 1.82) is 0 Å². The molecule has 0 bridgehead atoms. The van der Waals surface area contributed by atoms with Gasteiger partial charge in [-0.3, -0.25) is 4.79 Å². The van der Waals surface area contributed by atoms with Crippen LogP contribution in [0.1, 0.15) is 10.4 Å². The first-order valence-corrected chi connectivity index (χ1v) is 10.2. The quantitative estimate of drug-likeness (QED) is 0.666. The molecular formula is C19H18N4O4S. The highest BCUT2D eigenvalue weighted by Gasteiger charge is 2.30. The Balaban J connectivity index is 1.41. The van der Waals surface area contributed by atoms with Crippen LogP contribution in [0, 0.1) is 0 Å². The van der Waals surface area contributed by atoms with Crippen molar-refractivity contribution in [2.24, 2.45) is 0 Å². The van der Waals surface area contributed by atoms with Gasteiger partial charge in [-0.25, -0.2) is 8.42 Å². The first-order valence-electron chi connectivity index (χ1n) is 8.77. The van der Waals surface area contributed by atoms with Crippen molar-refractivity contribution in [2.75, 3.05) is 26.2 Å². The fourth-order valence-corrected chi connectivity index (χ4v) is 4.55. The van der Waals surface area contributed by atoms with Crippen LogP contribution in [0.4, 0.5) is 0 Å². The highest BCUT2D eigenvalue weighted by molar-refractivity contribution is 7.89. The Hall–Kier alpha value is -3.04. The third kappa shape index (κ3) is 3.54. The largest absolute Gasteiger partial charge is 0.423 e. The molecule has 1 aromatic heterocycles. The summed E-state index contributed by atoms with van der Waals surface area (Å²) in [7, 11) is -3.53. The number of hydrogen-bond acceptors (Lipinski definition) is 6. The monoisotopic (exact) mass is 398 g/mol. The van der Waals surface area contributed by atoms with Gasteiger partial charge in [0.1, 0.15) is 0 Å². The lowest BCUT2D eigenvalue weighted by molar-refractivity contribution is 0.0698. The zero-order valence-corrected chi connectivity index (χ0v) is 15.7. The van der Waals surface area contributed by atoms with Crippen LogP contribution in [0.3, 0.4) is 0 Å². The second-order valence-electron chi connectivity index (χ2n) is 6.33. The molecule has 0 radical (unpaired) electrons. The first kappa shape index (κ1) is 18.3. The van der Waals surface area contributed by atoms with Crippen LogP contribution in [0.2, 0.25) is 0 Å². The van der Waals surface area contributed by atoms with Gasteiger partial charge in [0.2, 0.25) is 22.3 Å². The summed E-state index contributed by atoms with van der Waals surface area (Å²) in [5, 5.41) is 7.47. The van der Waals surface area contributed by atoms with Crippen LogP contribution in [0.5, 0.6) is 0 Å². The van der Waals surface area contributed by atoms with Crippen LogP contribution < -0.4 is 0 Å². The van der Waals surface area contributed by atoms with Gasteiger partial charge < -0.3 is 9.32 Å². The molecule has 0 saturated carbocycles. The van der Waals surface area contributed by atoms with E-state index in [1.54, 1.807) is 59.5 Å². The van der Waals surface area contributed by atoms with Gasteiger partial charge in [-0.2, -0.15) is 4.31 Å². The van der Waals surface area contributed by atoms with Crippen molar-refractivity contribution < 1.29 is 17.6 Å². The number of rotatable bonds is 4. The molecule has 3 aromatic rings. The van der Waals surface area contributed by atoms with Crippen molar-refractivity contribution in [3.63, 3.8) is 0 Å². The zero-order valence-electron chi connectivity index (χ0n) is 14.9. The second-order valence-corrected chi connectivity index (χ2v) is 8.27. The molecular weight excluding hydrogens is 380 g/mol. The third-order valence-corrected chi connectivity index (χ3v) is 6.56. The van der Waals surface area contributed by atoms with Gasteiger partial charge in [0.05, 0.1) is 4.90 Å². The first-order chi connectivity index (χ1) is 13.6. The maximum absolute atomic E-state index is 12.7. The van der Waals surface area contributed by atoms with E-state index in [0.717, 1.165) is 5.56 Å². The highest BCUT2D eigenvalue weighted by atomic mass is 32.2. The molecule has 8 nitrogen and oxygen atoms in total. The van der Waals surface area contributed by atoms with E-state index in [2.05, 4.69) is 10.2 Å². The molecule has 144 valence electrons. The lowest BCUT2D eigenvalue weighted by atomic mass is 10.1. The van der Waals surface area contributed by atoms with E-state index in [4.69, 9.17) is 4.42 Å². The van der Waals surface area contributed by atoms with Crippen LogP contribution in [0.25, 0.3) is 11.5 Å². The van der Waals surface area contributed by atoms with Crippen LogP contribution in [-0.2, 0) is 10.0 Å². The fraction of sp³-hybridized carbons (Fsp3) is 0.211. The van der Waals surface area contributed by atoms with E-state index < -0.39 is 10.0 Å². The number of carbonyl (C=O) groups excluding carboxylic acids is 1. The average molecular weight is 398 g/mol. The Morgan fingerprint density at radius 2 is 1.61 bits per heavy atom. The minimum atomic E-state index is -3.53. The number of benzene rings is 2. The Labute approximate surface area is 162 Å². The molecule has 1 aliphatic rings. The summed E-state index contributed by atoms with van der Waals surface area (Å²) in [6.45, 7) is 1.22. The molecule has 1 saturated heterocycles. The second kappa shape index (κ2) is 7.53. The molecule has 1 amide bonds. The van der Waals surface area contributed by atoms with Gasteiger partial charge in [0.25, 0.3) is 5.91 Å². The van der Waals surface area contributed by atoms with E-state index in [-0.39, 0.29) is 23.9 Å². The Morgan fingerprint density at radius 1 is 0.929 bits per heavy atom. The molecule has 0 N–H and O–H groups in total. The number of sulfonamides is 1. The molecule has 0 spiro atoms. The number of amides is 1. The minimum Gasteiger partial charge on any atom is -0.423 e.